The summed E-state index contributed by atoms with van der Waals surface area (Å²) in [4.78, 5) is 25.4. The van der Waals surface area contributed by atoms with E-state index in [2.05, 4.69) is 24.5 Å². The molecule has 0 aliphatic carbocycles. The Morgan fingerprint density at radius 1 is 1.23 bits per heavy atom. The summed E-state index contributed by atoms with van der Waals surface area (Å²) < 4.78 is 14.7. The number of nitrogens with one attached hydrogen (secondary N) is 2. The normalized spacial score (nSPS) is 19.6. The van der Waals surface area contributed by atoms with Gasteiger partial charge in [-0.15, -0.1) is 0 Å². The zero-order chi connectivity index (χ0) is 22.0. The first kappa shape index (κ1) is 22.0. The topological polar surface area (TPSA) is 78.4 Å². The molecule has 1 aliphatic heterocycles. The smallest absolute Gasteiger partial charge is 0.251 e. The van der Waals surface area contributed by atoms with E-state index in [0.29, 0.717) is 28.8 Å². The fourth-order valence-electron chi connectivity index (χ4n) is 3.98. The predicted octanol–water partition coefficient (Wildman–Crippen LogP) is 3.40. The molecule has 1 saturated heterocycles. The van der Waals surface area contributed by atoms with Gasteiger partial charge in [0, 0.05) is 23.7 Å². The van der Waals surface area contributed by atoms with E-state index >= 15 is 0 Å². The summed E-state index contributed by atoms with van der Waals surface area (Å²) in [7, 11) is 0. The Labute approximate surface area is 176 Å². The number of amides is 2. The molecule has 1 unspecified atom stereocenters. The number of carbonyl (C=O) groups is 2. The van der Waals surface area contributed by atoms with Crippen molar-refractivity contribution in [1.29, 1.82) is 0 Å². The molecule has 3 N–H and O–H groups in total. The highest BCUT2D eigenvalue weighted by atomic mass is 19.1. The van der Waals surface area contributed by atoms with Gasteiger partial charge in [-0.2, -0.15) is 0 Å². The predicted molar refractivity (Wildman–Crippen MR) is 115 cm³/mol. The van der Waals surface area contributed by atoms with Gasteiger partial charge in [-0.3, -0.25) is 9.59 Å². The monoisotopic (exact) mass is 412 g/mol. The van der Waals surface area contributed by atoms with E-state index in [-0.39, 0.29) is 36.1 Å². The minimum atomic E-state index is -0.418. The Balaban J connectivity index is 2.13. The van der Waals surface area contributed by atoms with Gasteiger partial charge in [-0.25, -0.2) is 4.39 Å². The molecule has 3 atom stereocenters. The maximum Gasteiger partial charge on any atom is 0.251 e. The number of halogens is 1. The van der Waals surface area contributed by atoms with Crippen molar-refractivity contribution in [3.63, 3.8) is 0 Å². The van der Waals surface area contributed by atoms with Crippen LogP contribution in [0.5, 0.6) is 0 Å². The highest BCUT2D eigenvalue weighted by molar-refractivity contribution is 5.97. The molecule has 0 radical (unpaired) electrons. The van der Waals surface area contributed by atoms with Crippen molar-refractivity contribution in [1.82, 2.24) is 10.6 Å². The summed E-state index contributed by atoms with van der Waals surface area (Å²) in [6.45, 7) is 8.03. The van der Waals surface area contributed by atoms with Crippen LogP contribution in [0.2, 0.25) is 0 Å². The lowest BCUT2D eigenvalue weighted by Crippen LogP contribution is -2.35. The third-order valence-electron chi connectivity index (χ3n) is 5.74. The Kier molecular flexibility index (Phi) is 6.56. The molecule has 0 aromatic heterocycles. The molecule has 1 heterocycles. The molecule has 6 heteroatoms. The maximum absolute atomic E-state index is 14.7. The van der Waals surface area contributed by atoms with Crippen molar-refractivity contribution < 1.29 is 19.1 Å². The van der Waals surface area contributed by atoms with Gasteiger partial charge < -0.3 is 15.7 Å². The quantitative estimate of drug-likeness (QED) is 0.681. The second-order valence-electron chi connectivity index (χ2n) is 8.51. The number of aryl methyl sites for hydroxylation is 1. The van der Waals surface area contributed by atoms with Crippen LogP contribution in [-0.2, 0) is 4.79 Å². The Morgan fingerprint density at radius 2 is 1.97 bits per heavy atom. The average molecular weight is 413 g/mol. The fraction of sp³-hybridized carbons (Fsp3) is 0.417. The lowest BCUT2D eigenvalue weighted by atomic mass is 9.80. The van der Waals surface area contributed by atoms with E-state index in [1.54, 1.807) is 25.1 Å². The molecule has 5 nitrogen and oxygen atoms in total. The molecule has 0 spiro atoms. The molecule has 2 amide bonds. The lowest BCUT2D eigenvalue weighted by Gasteiger charge is -2.22. The van der Waals surface area contributed by atoms with Crippen LogP contribution < -0.4 is 10.6 Å². The van der Waals surface area contributed by atoms with Crippen LogP contribution in [0.4, 0.5) is 4.39 Å². The Hall–Kier alpha value is -2.73. The van der Waals surface area contributed by atoms with Gasteiger partial charge in [0.25, 0.3) is 5.91 Å². The molecule has 0 saturated carbocycles. The van der Waals surface area contributed by atoms with E-state index in [0.717, 1.165) is 5.56 Å². The molecular formula is C24H29FN2O3. The summed E-state index contributed by atoms with van der Waals surface area (Å²) >= 11 is 0. The van der Waals surface area contributed by atoms with Crippen LogP contribution in [0, 0.1) is 24.6 Å². The summed E-state index contributed by atoms with van der Waals surface area (Å²) in [6, 6.07) is 9.70. The zero-order valence-electron chi connectivity index (χ0n) is 17.8. The zero-order valence-corrected chi connectivity index (χ0v) is 17.8. The minimum absolute atomic E-state index is 0.0784. The minimum Gasteiger partial charge on any atom is -0.394 e. The van der Waals surface area contributed by atoms with Gasteiger partial charge in [0.05, 0.1) is 12.5 Å². The van der Waals surface area contributed by atoms with Crippen molar-refractivity contribution in [3.05, 3.63) is 58.9 Å². The third kappa shape index (κ3) is 4.54. The standard InChI is InChI=1S/C24H29FN2O3/c1-13(2)20-11-26-24(30)22(20)17-8-16(19-6-5-14(3)7-21(19)25)9-18(10-17)23(29)27-15(4)12-28/h5-10,13,15,20,22,28H,11-12H2,1-4H3,(H,26,30)(H,27,29)/t15-,20?,22-/m0/s1. The van der Waals surface area contributed by atoms with Crippen LogP contribution in [0.1, 0.15) is 48.2 Å². The highest BCUT2D eigenvalue weighted by Gasteiger charge is 2.38. The van der Waals surface area contributed by atoms with Gasteiger partial charge in [0.15, 0.2) is 0 Å². The van der Waals surface area contributed by atoms with Crippen molar-refractivity contribution in [3.8, 4) is 11.1 Å². The van der Waals surface area contributed by atoms with E-state index in [4.69, 9.17) is 0 Å². The number of rotatable bonds is 6. The number of carbonyl (C=O) groups excluding carboxylic acids is 2. The summed E-state index contributed by atoms with van der Waals surface area (Å²) in [5, 5.41) is 14.9. The molecule has 1 fully saturated rings. The number of aliphatic hydroxyl groups excluding tert-OH is 1. The SMILES string of the molecule is Cc1ccc(-c2cc(C(=O)N[C@@H](C)CO)cc([C@@H]3C(=O)NCC3C(C)C)c2)c(F)c1. The van der Waals surface area contributed by atoms with Gasteiger partial charge >= 0.3 is 0 Å². The van der Waals surface area contributed by atoms with Crippen molar-refractivity contribution in [2.45, 2.75) is 39.7 Å². The second-order valence-corrected chi connectivity index (χ2v) is 8.51. The van der Waals surface area contributed by atoms with Crippen LogP contribution in [-0.4, -0.2) is 36.1 Å². The van der Waals surface area contributed by atoms with Crippen molar-refractivity contribution in [2.75, 3.05) is 13.2 Å². The van der Waals surface area contributed by atoms with Crippen molar-refractivity contribution >= 4 is 11.8 Å². The maximum atomic E-state index is 14.7. The van der Waals surface area contributed by atoms with Crippen LogP contribution >= 0.6 is 0 Å². The lowest BCUT2D eigenvalue weighted by molar-refractivity contribution is -0.120. The van der Waals surface area contributed by atoms with Gasteiger partial charge in [0.2, 0.25) is 5.91 Å². The first-order valence-electron chi connectivity index (χ1n) is 10.3. The van der Waals surface area contributed by atoms with Gasteiger partial charge in [0.1, 0.15) is 5.82 Å². The molecule has 160 valence electrons. The molecule has 3 rings (SSSR count). The van der Waals surface area contributed by atoms with Crippen LogP contribution in [0.15, 0.2) is 36.4 Å². The Morgan fingerprint density at radius 3 is 2.60 bits per heavy atom. The first-order valence-corrected chi connectivity index (χ1v) is 10.3. The fourth-order valence-corrected chi connectivity index (χ4v) is 3.98. The number of hydrogen-bond acceptors (Lipinski definition) is 3. The van der Waals surface area contributed by atoms with Gasteiger partial charge in [-0.1, -0.05) is 32.0 Å². The highest BCUT2D eigenvalue weighted by Crippen LogP contribution is 2.37. The van der Waals surface area contributed by atoms with E-state index in [1.165, 1.54) is 6.07 Å². The summed E-state index contributed by atoms with van der Waals surface area (Å²) in [5.74, 6) is -0.876. The van der Waals surface area contributed by atoms with Crippen molar-refractivity contribution in [2.24, 2.45) is 11.8 Å². The molecule has 2 aromatic carbocycles. The summed E-state index contributed by atoms with van der Waals surface area (Å²) in [6.07, 6.45) is 0. The molecular weight excluding hydrogens is 383 g/mol. The molecule has 30 heavy (non-hydrogen) atoms. The average Bonchev–Trinajstić information content (AvgIpc) is 3.09. The van der Waals surface area contributed by atoms with Crippen LogP contribution in [0.3, 0.4) is 0 Å². The molecule has 2 aromatic rings. The number of aliphatic hydroxyl groups is 1. The second kappa shape index (κ2) is 8.96. The number of hydrogen-bond donors (Lipinski definition) is 3. The first-order chi connectivity index (χ1) is 14.2. The van der Waals surface area contributed by atoms with E-state index in [1.807, 2.05) is 19.1 Å². The van der Waals surface area contributed by atoms with Crippen LogP contribution in [0.25, 0.3) is 11.1 Å². The van der Waals surface area contributed by atoms with E-state index < -0.39 is 12.0 Å². The molecule has 1 aliphatic rings. The van der Waals surface area contributed by atoms with E-state index in [9.17, 15) is 19.1 Å². The number of benzene rings is 2. The Bertz CT molecular complexity index is 957. The third-order valence-corrected chi connectivity index (χ3v) is 5.74. The summed E-state index contributed by atoms with van der Waals surface area (Å²) in [5.41, 5.74) is 2.77. The largest absolute Gasteiger partial charge is 0.394 e. The van der Waals surface area contributed by atoms with Gasteiger partial charge in [-0.05, 0) is 60.6 Å². The molecule has 0 bridgehead atoms.